The quantitative estimate of drug-likeness (QED) is 0.657. The number of thiophene rings is 1. The Morgan fingerprint density at radius 3 is 2.81 bits per heavy atom. The number of aryl methyl sites for hydroxylation is 2. The first-order valence-electron chi connectivity index (χ1n) is 7.26. The first-order chi connectivity index (χ1) is 10.1. The van der Waals surface area contributed by atoms with E-state index in [-0.39, 0.29) is 16.7 Å². The zero-order valence-electron chi connectivity index (χ0n) is 12.0. The molecule has 1 aromatic heterocycles. The number of para-hydroxylation sites is 2. The molecule has 0 radical (unpaired) electrons. The third-order valence-corrected chi connectivity index (χ3v) is 5.34. The van der Waals surface area contributed by atoms with E-state index in [2.05, 4.69) is 18.3 Å². The van der Waals surface area contributed by atoms with Gasteiger partial charge in [-0.2, -0.15) is 0 Å². The smallest absolute Gasteiger partial charge is 0.292 e. The van der Waals surface area contributed by atoms with Crippen LogP contribution in [0.4, 0.5) is 11.4 Å². The maximum absolute atomic E-state index is 11.1. The van der Waals surface area contributed by atoms with E-state index in [4.69, 9.17) is 0 Å². The second-order valence-corrected chi connectivity index (χ2v) is 6.61. The SMILES string of the molecule is CC(Nc1ccccc1[N+](=O)[O-])c1cc2c(s1)CCCC2. The van der Waals surface area contributed by atoms with Crippen molar-refractivity contribution >= 4 is 22.7 Å². The van der Waals surface area contributed by atoms with Crippen LogP contribution in [0.25, 0.3) is 0 Å². The maximum Gasteiger partial charge on any atom is 0.292 e. The van der Waals surface area contributed by atoms with Gasteiger partial charge in [-0.1, -0.05) is 12.1 Å². The van der Waals surface area contributed by atoms with Crippen LogP contribution >= 0.6 is 11.3 Å². The molecule has 3 rings (SSSR count). The highest BCUT2D eigenvalue weighted by Gasteiger charge is 2.19. The predicted molar refractivity (Wildman–Crippen MR) is 86.1 cm³/mol. The molecule has 5 heteroatoms. The van der Waals surface area contributed by atoms with Crippen LogP contribution in [0, 0.1) is 10.1 Å². The molecule has 0 amide bonds. The maximum atomic E-state index is 11.1. The number of anilines is 1. The Balaban J connectivity index is 1.82. The van der Waals surface area contributed by atoms with E-state index in [0.29, 0.717) is 5.69 Å². The van der Waals surface area contributed by atoms with Gasteiger partial charge in [0.25, 0.3) is 5.69 Å². The van der Waals surface area contributed by atoms with Crippen molar-refractivity contribution in [3.05, 3.63) is 55.8 Å². The fraction of sp³-hybridized carbons (Fsp3) is 0.375. The van der Waals surface area contributed by atoms with Crippen LogP contribution in [0.5, 0.6) is 0 Å². The summed E-state index contributed by atoms with van der Waals surface area (Å²) in [6.45, 7) is 2.06. The zero-order chi connectivity index (χ0) is 14.8. The molecule has 21 heavy (non-hydrogen) atoms. The predicted octanol–water partition coefficient (Wildman–Crippen LogP) is 4.71. The number of hydrogen-bond acceptors (Lipinski definition) is 4. The van der Waals surface area contributed by atoms with Crippen LogP contribution < -0.4 is 5.32 Å². The van der Waals surface area contributed by atoms with E-state index in [1.165, 1.54) is 47.1 Å². The Kier molecular flexibility index (Phi) is 3.92. The lowest BCUT2D eigenvalue weighted by molar-refractivity contribution is -0.384. The summed E-state index contributed by atoms with van der Waals surface area (Å²) >= 11 is 1.84. The molecule has 1 unspecified atom stereocenters. The second kappa shape index (κ2) is 5.85. The van der Waals surface area contributed by atoms with Gasteiger partial charge in [-0.05, 0) is 50.3 Å². The average Bonchev–Trinajstić information content (AvgIpc) is 2.91. The first-order valence-corrected chi connectivity index (χ1v) is 8.08. The molecule has 0 fully saturated rings. The molecule has 1 aliphatic rings. The summed E-state index contributed by atoms with van der Waals surface area (Å²) in [6, 6.07) is 9.17. The minimum Gasteiger partial charge on any atom is -0.372 e. The summed E-state index contributed by atoms with van der Waals surface area (Å²) in [5.74, 6) is 0. The summed E-state index contributed by atoms with van der Waals surface area (Å²) < 4.78 is 0. The molecule has 0 spiro atoms. The van der Waals surface area contributed by atoms with Gasteiger partial charge in [0.1, 0.15) is 5.69 Å². The van der Waals surface area contributed by atoms with Crippen molar-refractivity contribution in [2.45, 2.75) is 38.6 Å². The van der Waals surface area contributed by atoms with E-state index < -0.39 is 0 Å². The molecule has 110 valence electrons. The standard InChI is InChI=1S/C16H18N2O2S/c1-11(16-10-12-6-2-5-9-15(12)21-16)17-13-7-3-4-8-14(13)18(19)20/h3-4,7-8,10-11,17H,2,5-6,9H2,1H3. The largest absolute Gasteiger partial charge is 0.372 e. The highest BCUT2D eigenvalue weighted by atomic mass is 32.1. The summed E-state index contributed by atoms with van der Waals surface area (Å²) in [6.07, 6.45) is 4.90. The van der Waals surface area contributed by atoms with E-state index in [1.807, 2.05) is 17.4 Å². The number of rotatable bonds is 4. The fourth-order valence-corrected chi connectivity index (χ4v) is 4.05. The fourth-order valence-electron chi connectivity index (χ4n) is 2.79. The van der Waals surface area contributed by atoms with Gasteiger partial charge in [-0.25, -0.2) is 0 Å². The Labute approximate surface area is 128 Å². The van der Waals surface area contributed by atoms with Gasteiger partial charge in [-0.15, -0.1) is 11.3 Å². The number of nitrogens with one attached hydrogen (secondary N) is 1. The number of nitro benzene ring substituents is 1. The first kappa shape index (κ1) is 14.1. The van der Waals surface area contributed by atoms with E-state index >= 15 is 0 Å². The van der Waals surface area contributed by atoms with Gasteiger partial charge in [0.05, 0.1) is 11.0 Å². The summed E-state index contributed by atoms with van der Waals surface area (Å²) in [7, 11) is 0. The lowest BCUT2D eigenvalue weighted by Gasteiger charge is -2.13. The van der Waals surface area contributed by atoms with Gasteiger partial charge in [0.2, 0.25) is 0 Å². The topological polar surface area (TPSA) is 55.2 Å². The zero-order valence-corrected chi connectivity index (χ0v) is 12.8. The van der Waals surface area contributed by atoms with Crippen LogP contribution in [0.15, 0.2) is 30.3 Å². The molecule has 4 nitrogen and oxygen atoms in total. The van der Waals surface area contributed by atoms with E-state index in [9.17, 15) is 10.1 Å². The van der Waals surface area contributed by atoms with Crippen molar-refractivity contribution in [3.63, 3.8) is 0 Å². The van der Waals surface area contributed by atoms with Crippen molar-refractivity contribution in [1.29, 1.82) is 0 Å². The molecule has 1 atom stereocenters. The van der Waals surface area contributed by atoms with Crippen molar-refractivity contribution < 1.29 is 4.92 Å². The highest BCUT2D eigenvalue weighted by molar-refractivity contribution is 7.12. The van der Waals surface area contributed by atoms with Gasteiger partial charge >= 0.3 is 0 Å². The molecule has 1 N–H and O–H groups in total. The Morgan fingerprint density at radius 1 is 1.29 bits per heavy atom. The molecule has 2 aromatic rings. The summed E-state index contributed by atoms with van der Waals surface area (Å²) in [4.78, 5) is 13.5. The number of fused-ring (bicyclic) bond motifs is 1. The highest BCUT2D eigenvalue weighted by Crippen LogP contribution is 2.35. The Hall–Kier alpha value is -1.88. The van der Waals surface area contributed by atoms with Gasteiger partial charge < -0.3 is 5.32 Å². The second-order valence-electron chi connectivity index (χ2n) is 5.44. The van der Waals surface area contributed by atoms with Crippen LogP contribution in [-0.2, 0) is 12.8 Å². The minimum absolute atomic E-state index is 0.0849. The minimum atomic E-state index is -0.339. The van der Waals surface area contributed by atoms with Crippen molar-refractivity contribution in [1.82, 2.24) is 0 Å². The summed E-state index contributed by atoms with van der Waals surface area (Å²) in [5.41, 5.74) is 2.18. The van der Waals surface area contributed by atoms with Crippen molar-refractivity contribution in [2.75, 3.05) is 5.32 Å². The third-order valence-electron chi connectivity index (χ3n) is 3.92. The van der Waals surface area contributed by atoms with Gasteiger partial charge in [0, 0.05) is 15.8 Å². The van der Waals surface area contributed by atoms with E-state index in [0.717, 1.165) is 0 Å². The number of benzene rings is 1. The Morgan fingerprint density at radius 2 is 2.05 bits per heavy atom. The molecule has 0 saturated carbocycles. The van der Waals surface area contributed by atoms with Crippen LogP contribution in [-0.4, -0.2) is 4.92 Å². The third kappa shape index (κ3) is 2.93. The lowest BCUT2D eigenvalue weighted by atomic mass is 9.99. The molecule has 0 aliphatic heterocycles. The van der Waals surface area contributed by atoms with E-state index in [1.54, 1.807) is 12.1 Å². The molecule has 0 saturated heterocycles. The molecule has 1 aromatic carbocycles. The Bertz CT molecular complexity index is 643. The van der Waals surface area contributed by atoms with Crippen LogP contribution in [0.1, 0.15) is 41.1 Å². The van der Waals surface area contributed by atoms with Crippen LogP contribution in [0.2, 0.25) is 0 Å². The molecular weight excluding hydrogens is 284 g/mol. The molecule has 0 bridgehead atoms. The molecule has 1 heterocycles. The lowest BCUT2D eigenvalue weighted by Crippen LogP contribution is -2.06. The number of nitro groups is 1. The molecular formula is C16H18N2O2S. The summed E-state index contributed by atoms with van der Waals surface area (Å²) in [5, 5.41) is 14.4. The number of hydrogen-bond donors (Lipinski definition) is 1. The molecule has 1 aliphatic carbocycles. The van der Waals surface area contributed by atoms with Gasteiger partial charge in [-0.3, -0.25) is 10.1 Å². The van der Waals surface area contributed by atoms with Crippen molar-refractivity contribution in [3.8, 4) is 0 Å². The monoisotopic (exact) mass is 302 g/mol. The van der Waals surface area contributed by atoms with Crippen molar-refractivity contribution in [2.24, 2.45) is 0 Å². The van der Waals surface area contributed by atoms with Crippen LogP contribution in [0.3, 0.4) is 0 Å². The average molecular weight is 302 g/mol. The number of nitrogens with zero attached hydrogens (tertiary/aromatic N) is 1. The van der Waals surface area contributed by atoms with Gasteiger partial charge in [0.15, 0.2) is 0 Å². The normalized spacial score (nSPS) is 15.3.